The summed E-state index contributed by atoms with van der Waals surface area (Å²) < 4.78 is 11.8. The Hall–Kier alpha value is -2.64. The number of ether oxygens (including phenoxy) is 2. The highest BCUT2D eigenvalue weighted by Gasteiger charge is 2.24. The summed E-state index contributed by atoms with van der Waals surface area (Å²) in [7, 11) is 0. The lowest BCUT2D eigenvalue weighted by Gasteiger charge is -2.11. The zero-order chi connectivity index (χ0) is 14.1. The molecule has 0 spiro atoms. The van der Waals surface area contributed by atoms with Gasteiger partial charge in [-0.25, -0.2) is 9.48 Å². The van der Waals surface area contributed by atoms with Crippen molar-refractivity contribution in [2.45, 2.75) is 19.4 Å². The largest absolute Gasteiger partial charge is 0.480 e. The standard InChI is InChI=1S/C12H12N4O4/c1-2-8(12(17)18)16-11(13-14-15-16)7-3-4-9-10(5-7)20-6-19-9/h3-5,8H,2,6H2,1H3,(H,17,18). The van der Waals surface area contributed by atoms with E-state index in [1.165, 1.54) is 4.68 Å². The number of nitrogens with zero attached hydrogens (tertiary/aromatic N) is 4. The van der Waals surface area contributed by atoms with Crippen LogP contribution in [-0.2, 0) is 4.79 Å². The first-order valence-electron chi connectivity index (χ1n) is 6.11. The highest BCUT2D eigenvalue weighted by molar-refractivity contribution is 5.73. The molecule has 1 atom stereocenters. The number of hydrogen-bond acceptors (Lipinski definition) is 6. The summed E-state index contributed by atoms with van der Waals surface area (Å²) in [4.78, 5) is 11.2. The van der Waals surface area contributed by atoms with Crippen LogP contribution in [0.15, 0.2) is 18.2 Å². The van der Waals surface area contributed by atoms with Crippen LogP contribution in [-0.4, -0.2) is 38.1 Å². The van der Waals surface area contributed by atoms with Crippen LogP contribution in [0, 0.1) is 0 Å². The SMILES string of the molecule is CCC(C(=O)O)n1nnnc1-c1ccc2c(c1)OCO2. The molecule has 1 aliphatic rings. The Morgan fingerprint density at radius 2 is 2.25 bits per heavy atom. The summed E-state index contributed by atoms with van der Waals surface area (Å²) in [6.45, 7) is 1.94. The molecule has 1 aromatic heterocycles. The smallest absolute Gasteiger partial charge is 0.328 e. The van der Waals surface area contributed by atoms with E-state index in [1.807, 2.05) is 0 Å². The van der Waals surface area contributed by atoms with Gasteiger partial charge >= 0.3 is 5.97 Å². The van der Waals surface area contributed by atoms with Crippen molar-refractivity contribution in [1.82, 2.24) is 20.2 Å². The van der Waals surface area contributed by atoms with Crippen molar-refractivity contribution in [3.8, 4) is 22.9 Å². The van der Waals surface area contributed by atoms with Gasteiger partial charge in [0.05, 0.1) is 0 Å². The number of rotatable bonds is 4. The van der Waals surface area contributed by atoms with Gasteiger partial charge in [-0.3, -0.25) is 0 Å². The van der Waals surface area contributed by atoms with Gasteiger partial charge in [-0.1, -0.05) is 6.92 Å². The maximum Gasteiger partial charge on any atom is 0.328 e. The van der Waals surface area contributed by atoms with Crippen LogP contribution in [0.4, 0.5) is 0 Å². The molecule has 0 amide bonds. The average Bonchev–Trinajstić information content (AvgIpc) is 3.06. The van der Waals surface area contributed by atoms with Gasteiger partial charge in [0.1, 0.15) is 0 Å². The Morgan fingerprint density at radius 1 is 1.45 bits per heavy atom. The molecular weight excluding hydrogens is 264 g/mol. The number of benzene rings is 1. The van der Waals surface area contributed by atoms with Crippen molar-refractivity contribution in [3.05, 3.63) is 18.2 Å². The van der Waals surface area contributed by atoms with Crippen molar-refractivity contribution in [2.75, 3.05) is 6.79 Å². The fourth-order valence-corrected chi connectivity index (χ4v) is 2.08. The monoisotopic (exact) mass is 276 g/mol. The molecular formula is C12H12N4O4. The minimum absolute atomic E-state index is 0.177. The lowest BCUT2D eigenvalue weighted by molar-refractivity contribution is -0.141. The van der Waals surface area contributed by atoms with Gasteiger partial charge in [-0.05, 0) is 35.0 Å². The van der Waals surface area contributed by atoms with Gasteiger partial charge in [0.25, 0.3) is 0 Å². The van der Waals surface area contributed by atoms with Crippen molar-refractivity contribution < 1.29 is 19.4 Å². The summed E-state index contributed by atoms with van der Waals surface area (Å²) in [5.74, 6) is 0.665. The van der Waals surface area contributed by atoms with Crippen LogP contribution in [0.25, 0.3) is 11.4 Å². The van der Waals surface area contributed by atoms with Crippen LogP contribution >= 0.6 is 0 Å². The van der Waals surface area contributed by atoms with E-state index in [4.69, 9.17) is 9.47 Å². The lowest BCUT2D eigenvalue weighted by Crippen LogP contribution is -2.20. The van der Waals surface area contributed by atoms with Crippen LogP contribution in [0.5, 0.6) is 11.5 Å². The second-order valence-corrected chi connectivity index (χ2v) is 4.28. The molecule has 1 aromatic carbocycles. The molecule has 0 saturated heterocycles. The van der Waals surface area contributed by atoms with Gasteiger partial charge in [-0.2, -0.15) is 0 Å². The molecule has 1 unspecified atom stereocenters. The third kappa shape index (κ3) is 1.94. The molecule has 3 rings (SSSR count). The molecule has 0 saturated carbocycles. The van der Waals surface area contributed by atoms with E-state index in [2.05, 4.69) is 15.5 Å². The van der Waals surface area contributed by atoms with Crippen molar-refractivity contribution in [3.63, 3.8) is 0 Å². The van der Waals surface area contributed by atoms with Gasteiger partial charge in [0, 0.05) is 5.56 Å². The predicted octanol–water partition coefficient (Wildman–Crippen LogP) is 1.10. The van der Waals surface area contributed by atoms with Crippen molar-refractivity contribution in [2.24, 2.45) is 0 Å². The molecule has 8 nitrogen and oxygen atoms in total. The van der Waals surface area contributed by atoms with E-state index in [1.54, 1.807) is 25.1 Å². The zero-order valence-electron chi connectivity index (χ0n) is 10.7. The fourth-order valence-electron chi connectivity index (χ4n) is 2.08. The number of carboxylic acids is 1. The maximum atomic E-state index is 11.2. The Kier molecular flexibility index (Phi) is 2.97. The second-order valence-electron chi connectivity index (χ2n) is 4.28. The summed E-state index contributed by atoms with van der Waals surface area (Å²) in [6, 6.07) is 4.45. The molecule has 0 radical (unpaired) electrons. The Labute approximate surface area is 113 Å². The first kappa shape index (κ1) is 12.4. The molecule has 20 heavy (non-hydrogen) atoms. The Bertz CT molecular complexity index is 655. The number of tetrazole rings is 1. The first-order valence-corrected chi connectivity index (χ1v) is 6.11. The molecule has 1 aliphatic heterocycles. The van der Waals surface area contributed by atoms with Gasteiger partial charge < -0.3 is 14.6 Å². The first-order chi connectivity index (χ1) is 9.70. The molecule has 1 N–H and O–H groups in total. The third-order valence-electron chi connectivity index (χ3n) is 3.09. The summed E-state index contributed by atoms with van der Waals surface area (Å²) in [5, 5.41) is 20.5. The molecule has 0 aliphatic carbocycles. The van der Waals surface area contributed by atoms with Crippen LogP contribution < -0.4 is 9.47 Å². The predicted molar refractivity (Wildman–Crippen MR) is 66.3 cm³/mol. The number of fused-ring (bicyclic) bond motifs is 1. The molecule has 2 aromatic rings. The summed E-state index contributed by atoms with van der Waals surface area (Å²) >= 11 is 0. The number of aromatic nitrogens is 4. The van der Waals surface area contributed by atoms with Crippen LogP contribution in [0.1, 0.15) is 19.4 Å². The van der Waals surface area contributed by atoms with Crippen LogP contribution in [0.3, 0.4) is 0 Å². The number of carboxylic acid groups (broad SMARTS) is 1. The minimum Gasteiger partial charge on any atom is -0.480 e. The number of hydrogen-bond donors (Lipinski definition) is 1. The molecule has 104 valence electrons. The Balaban J connectivity index is 2.03. The lowest BCUT2D eigenvalue weighted by atomic mass is 10.1. The number of carbonyl (C=O) groups is 1. The Morgan fingerprint density at radius 3 is 3.00 bits per heavy atom. The van der Waals surface area contributed by atoms with Gasteiger partial charge in [0.2, 0.25) is 6.79 Å². The minimum atomic E-state index is -0.971. The van der Waals surface area contributed by atoms with E-state index in [-0.39, 0.29) is 6.79 Å². The van der Waals surface area contributed by atoms with Crippen molar-refractivity contribution in [1.29, 1.82) is 0 Å². The quantitative estimate of drug-likeness (QED) is 0.892. The van der Waals surface area contributed by atoms with E-state index in [0.717, 1.165) is 0 Å². The van der Waals surface area contributed by atoms with Crippen LogP contribution in [0.2, 0.25) is 0 Å². The zero-order valence-corrected chi connectivity index (χ0v) is 10.7. The summed E-state index contributed by atoms with van der Waals surface area (Å²) in [5.41, 5.74) is 0.680. The van der Waals surface area contributed by atoms with E-state index < -0.39 is 12.0 Å². The van der Waals surface area contributed by atoms with E-state index >= 15 is 0 Å². The highest BCUT2D eigenvalue weighted by atomic mass is 16.7. The normalized spacial score (nSPS) is 14.2. The molecule has 8 heteroatoms. The van der Waals surface area contributed by atoms with Gasteiger partial charge in [0.15, 0.2) is 23.4 Å². The van der Waals surface area contributed by atoms with E-state index in [9.17, 15) is 9.90 Å². The van der Waals surface area contributed by atoms with E-state index in [0.29, 0.717) is 29.3 Å². The van der Waals surface area contributed by atoms with Crippen molar-refractivity contribution >= 4 is 5.97 Å². The molecule has 2 heterocycles. The van der Waals surface area contributed by atoms with Gasteiger partial charge in [-0.15, -0.1) is 5.10 Å². The highest BCUT2D eigenvalue weighted by Crippen LogP contribution is 2.35. The second kappa shape index (κ2) is 4.80. The fraction of sp³-hybridized carbons (Fsp3) is 0.333. The third-order valence-corrected chi connectivity index (χ3v) is 3.09. The topological polar surface area (TPSA) is 99.4 Å². The maximum absolute atomic E-state index is 11.2. The molecule has 0 bridgehead atoms. The number of aliphatic carboxylic acids is 1. The average molecular weight is 276 g/mol. The summed E-state index contributed by atoms with van der Waals surface area (Å²) in [6.07, 6.45) is 0.387. The molecule has 0 fully saturated rings.